The molecule has 0 aliphatic carbocycles. The standard InChI is InChI=1S/C22H21O5PS.C18H21O4P.C16H17O3P.2CH4.2Na/c1-16-13-18(15-29-27-26-24)14-17(2)21(16)22(23)28(25,19-9-5-3-6-10-19)20-11-7-4-8-12-20;1-13-11-14(2)17(15(3)12-13)18(20)23(21,22-10-9-19)16-7-5-4-6-8-16;1-11-9-12(2)15(13(3)10-11)16(17)20(18,19)14-7-5-4-6-8-14;;;;/h3-14,24H,15H2,1-2H3;4-8,11-12,19H,9-10H2,1-3H3;4-10H,1-3H3,(H,18,19);2*1H4;;/q;;;;;2*+1/p-2. The molecule has 0 aliphatic heterocycles. The van der Waals surface area contributed by atoms with Gasteiger partial charge in [-0.3, -0.25) is 24.0 Å². The molecule has 0 bridgehead atoms. The van der Waals surface area contributed by atoms with E-state index in [1.165, 1.54) is 12.1 Å². The van der Waals surface area contributed by atoms with E-state index in [9.17, 15) is 38.2 Å². The molecule has 392 valence electrons. The van der Waals surface area contributed by atoms with Gasteiger partial charge in [-0.15, -0.1) is 0 Å². The fourth-order valence-corrected chi connectivity index (χ4v) is 15.0. The second-order valence-electron chi connectivity index (χ2n) is 17.1. The first-order chi connectivity index (χ1) is 34.2. The molecule has 76 heavy (non-hydrogen) atoms. The predicted octanol–water partition coefficient (Wildman–Crippen LogP) is 5.19. The number of aliphatic hydroxyl groups is 1. The first-order valence-corrected chi connectivity index (χ1v) is 28.6. The van der Waals surface area contributed by atoms with Crippen LogP contribution in [0, 0.1) is 55.4 Å². The summed E-state index contributed by atoms with van der Waals surface area (Å²) in [7, 11) is -11.6. The molecule has 1 N–H and O–H groups in total. The third-order valence-corrected chi connectivity index (χ3v) is 19.0. The van der Waals surface area contributed by atoms with Gasteiger partial charge in [0.25, 0.3) is 5.52 Å². The van der Waals surface area contributed by atoms with Crippen molar-refractivity contribution in [2.45, 2.75) is 76.0 Å². The van der Waals surface area contributed by atoms with Crippen LogP contribution in [0.5, 0.6) is 0 Å². The summed E-state index contributed by atoms with van der Waals surface area (Å²) in [5.74, 6) is 0.382. The number of aryl methyl sites for hydroxylation is 8. The molecule has 2 unspecified atom stereocenters. The monoisotopic (exact) mass is 1120 g/mol. The zero-order valence-corrected chi connectivity index (χ0v) is 50.8. The Balaban J connectivity index is 0.000000565. The Kier molecular flexibility index (Phi) is 30.0. The van der Waals surface area contributed by atoms with Gasteiger partial charge in [-0.1, -0.05) is 172 Å². The third-order valence-electron chi connectivity index (χ3n) is 11.5. The molecule has 0 aromatic heterocycles. The topological polar surface area (TPSA) is 196 Å². The van der Waals surface area contributed by atoms with Gasteiger partial charge in [-0.05, 0) is 106 Å². The van der Waals surface area contributed by atoms with Gasteiger partial charge in [-0.25, -0.2) is 0 Å². The molecule has 0 aliphatic rings. The molecule has 12 nitrogen and oxygen atoms in total. The number of rotatable bonds is 17. The summed E-state index contributed by atoms with van der Waals surface area (Å²) in [4.78, 5) is 51.6. The van der Waals surface area contributed by atoms with E-state index in [1.54, 1.807) is 111 Å². The second kappa shape index (κ2) is 32.4. The average Bonchev–Trinajstić information content (AvgIpc) is 3.36. The Bertz CT molecular complexity index is 3070. The molecule has 0 saturated carbocycles. The van der Waals surface area contributed by atoms with E-state index < -0.39 is 32.9 Å². The van der Waals surface area contributed by atoms with Crippen molar-refractivity contribution in [1.82, 2.24) is 0 Å². The van der Waals surface area contributed by atoms with Crippen molar-refractivity contribution in [3.8, 4) is 0 Å². The molecule has 0 heterocycles. The molecule has 18 heteroatoms. The maximum absolute atomic E-state index is 14.3. The Hall–Kier alpha value is -3.65. The molecule has 0 fully saturated rings. The van der Waals surface area contributed by atoms with Gasteiger partial charge in [0.1, 0.15) is 7.37 Å². The van der Waals surface area contributed by atoms with Gasteiger partial charge in [0.2, 0.25) is 18.2 Å². The number of aliphatic hydroxyl groups excluding tert-OH is 1. The molecule has 0 radical (unpaired) electrons. The summed E-state index contributed by atoms with van der Waals surface area (Å²) in [5.41, 5.74) is 6.77. The fourth-order valence-electron chi connectivity index (χ4n) is 8.52. The maximum atomic E-state index is 14.3. The van der Waals surface area contributed by atoms with Crippen molar-refractivity contribution >= 4 is 71.7 Å². The van der Waals surface area contributed by atoms with Crippen LogP contribution in [0.2, 0.25) is 0 Å². The number of carbonyl (C=O) groups is 3. The minimum absolute atomic E-state index is 0. The van der Waals surface area contributed by atoms with E-state index >= 15 is 0 Å². The van der Waals surface area contributed by atoms with Crippen LogP contribution in [0.3, 0.4) is 0 Å². The van der Waals surface area contributed by atoms with Crippen molar-refractivity contribution in [2.24, 2.45) is 0 Å². The number of benzene rings is 7. The Morgan fingerprint density at radius 2 is 0.829 bits per heavy atom. The van der Waals surface area contributed by atoms with Crippen LogP contribution in [0.15, 0.2) is 158 Å². The van der Waals surface area contributed by atoms with Crippen molar-refractivity contribution in [2.75, 3.05) is 13.2 Å². The molecule has 0 amide bonds. The SMILES string of the molecule is C.C.Cc1cc(C)c(C(=O)P(=O)(OCCO)c2ccccc2)c(C)c1.Cc1cc(C)c(C(=O)P(=O)([O-])c2ccccc2)c(C)c1.Cc1cc(CSOO[O-])cc(C)c1C(=O)P(=O)(c1ccccc1)c1ccccc1.[Na+].[Na+]. The first-order valence-electron chi connectivity index (χ1n) is 22.7. The summed E-state index contributed by atoms with van der Waals surface area (Å²) in [6, 6.07) is 45.2. The smallest absolute Gasteiger partial charge is 0.790 e. The zero-order valence-electron chi connectivity index (χ0n) is 43.3. The molecule has 0 saturated heterocycles. The van der Waals surface area contributed by atoms with Gasteiger partial charge in [0.05, 0.1) is 13.2 Å². The van der Waals surface area contributed by atoms with Crippen molar-refractivity contribution in [1.29, 1.82) is 0 Å². The minimum Gasteiger partial charge on any atom is -0.790 e. The summed E-state index contributed by atoms with van der Waals surface area (Å²) in [5, 5.41) is 23.8. The van der Waals surface area contributed by atoms with Crippen LogP contribution in [-0.4, -0.2) is 34.9 Å². The van der Waals surface area contributed by atoms with Gasteiger partial charge in [-0.2, -0.15) is 4.33 Å². The molecular formula is C58H65Na2O12P3S. The fraction of sp³-hybridized carbons (Fsp3) is 0.224. The summed E-state index contributed by atoms with van der Waals surface area (Å²) in [6.45, 7) is 14.2. The van der Waals surface area contributed by atoms with Gasteiger partial charge < -0.3 is 28.9 Å². The zero-order chi connectivity index (χ0) is 52.8. The van der Waals surface area contributed by atoms with Gasteiger partial charge >= 0.3 is 66.5 Å². The summed E-state index contributed by atoms with van der Waals surface area (Å²) in [6.07, 6.45) is 0. The number of hydrogen-bond acceptors (Lipinski definition) is 13. The molecular weight excluding hydrogens is 1060 g/mol. The van der Waals surface area contributed by atoms with E-state index in [0.717, 1.165) is 51.0 Å². The van der Waals surface area contributed by atoms with Crippen LogP contribution in [0.4, 0.5) is 0 Å². The Labute approximate surface area is 497 Å². The van der Waals surface area contributed by atoms with Crippen LogP contribution in [-0.2, 0) is 33.3 Å². The first kappa shape index (κ1) is 70.4. The second-order valence-corrected chi connectivity index (χ2v) is 24.7. The normalized spacial score (nSPS) is 12.1. The van der Waals surface area contributed by atoms with Crippen LogP contribution >= 0.6 is 33.9 Å². The summed E-state index contributed by atoms with van der Waals surface area (Å²) >= 11 is 0.863. The van der Waals surface area contributed by atoms with E-state index in [-0.39, 0.29) is 104 Å². The minimum atomic E-state index is -4.32. The van der Waals surface area contributed by atoms with Crippen LogP contribution < -0.4 is 90.5 Å². The largest absolute Gasteiger partial charge is 1.00 e. The molecule has 2 atom stereocenters. The van der Waals surface area contributed by atoms with Gasteiger partial charge in [0, 0.05) is 55.7 Å². The molecule has 7 rings (SSSR count). The third kappa shape index (κ3) is 17.2. The van der Waals surface area contributed by atoms with E-state index in [2.05, 4.69) is 9.37 Å². The Morgan fingerprint density at radius 1 is 0.500 bits per heavy atom. The van der Waals surface area contributed by atoms with Crippen molar-refractivity contribution in [3.05, 3.63) is 224 Å². The molecule has 7 aromatic rings. The van der Waals surface area contributed by atoms with Crippen LogP contribution in [0.25, 0.3) is 0 Å². The molecule has 0 spiro atoms. The number of hydrogen-bond donors (Lipinski definition) is 1. The van der Waals surface area contributed by atoms with Gasteiger partial charge in [0.15, 0.2) is 0 Å². The van der Waals surface area contributed by atoms with E-state index in [1.807, 2.05) is 90.1 Å². The quantitative estimate of drug-likeness (QED) is 0.0313. The Morgan fingerprint density at radius 3 is 1.20 bits per heavy atom. The maximum Gasteiger partial charge on any atom is 1.00 e. The van der Waals surface area contributed by atoms with Crippen molar-refractivity contribution in [3.63, 3.8) is 0 Å². The van der Waals surface area contributed by atoms with E-state index in [4.69, 9.17) is 9.63 Å². The number of carbonyl (C=O) groups excluding carboxylic acids is 3. The molecule has 7 aromatic carbocycles. The van der Waals surface area contributed by atoms with Crippen LogP contribution in [0.1, 0.15) is 96.0 Å². The van der Waals surface area contributed by atoms with Crippen molar-refractivity contribution < 1.29 is 116 Å². The summed E-state index contributed by atoms with van der Waals surface area (Å²) < 4.78 is 49.8. The average molecular weight is 1130 g/mol. The predicted molar refractivity (Wildman–Crippen MR) is 297 cm³/mol. The van der Waals surface area contributed by atoms with E-state index in [0.29, 0.717) is 43.9 Å².